The zero-order valence-electron chi connectivity index (χ0n) is 20.1. The molecule has 0 saturated carbocycles. The number of aromatic nitrogens is 1. The summed E-state index contributed by atoms with van der Waals surface area (Å²) in [7, 11) is 0. The molecule has 0 bridgehead atoms. The fourth-order valence-electron chi connectivity index (χ4n) is 3.95. The van der Waals surface area contributed by atoms with Gasteiger partial charge in [0.25, 0.3) is 0 Å². The number of pyridine rings is 1. The summed E-state index contributed by atoms with van der Waals surface area (Å²) in [6.07, 6.45) is -4.89. The fraction of sp³-hybridized carbons (Fsp3) is 0.478. The van der Waals surface area contributed by atoms with Crippen LogP contribution >= 0.6 is 0 Å². The van der Waals surface area contributed by atoms with Gasteiger partial charge in [0.1, 0.15) is 5.76 Å². The van der Waals surface area contributed by atoms with Crippen LogP contribution in [0.2, 0.25) is 0 Å². The third-order valence-electron chi connectivity index (χ3n) is 5.71. The zero-order chi connectivity index (χ0) is 29.2. The smallest absolute Gasteiger partial charge is 0.475 e. The molecular formula is C23H25F6N3O7. The topological polar surface area (TPSA) is 142 Å². The van der Waals surface area contributed by atoms with Gasteiger partial charge in [0, 0.05) is 32.0 Å². The first-order valence-corrected chi connectivity index (χ1v) is 11.3. The number of halogens is 6. The third kappa shape index (κ3) is 10.6. The Hall–Kier alpha value is -3.66. The van der Waals surface area contributed by atoms with E-state index in [0.717, 1.165) is 32.0 Å². The van der Waals surface area contributed by atoms with Crippen LogP contribution in [0.25, 0.3) is 0 Å². The number of ether oxygens (including phenoxy) is 1. The first-order chi connectivity index (χ1) is 18.2. The highest BCUT2D eigenvalue weighted by molar-refractivity contribution is 5.79. The van der Waals surface area contributed by atoms with E-state index in [9.17, 15) is 31.1 Å². The van der Waals surface area contributed by atoms with Gasteiger partial charge in [-0.1, -0.05) is 0 Å². The number of nitrogens with one attached hydrogen (secondary N) is 1. The van der Waals surface area contributed by atoms with Crippen molar-refractivity contribution < 1.29 is 60.1 Å². The highest BCUT2D eigenvalue weighted by atomic mass is 19.4. The highest BCUT2D eigenvalue weighted by Crippen LogP contribution is 2.35. The maximum Gasteiger partial charge on any atom is 0.490 e. The van der Waals surface area contributed by atoms with E-state index >= 15 is 0 Å². The standard InChI is InChI=1S/C19H23N3O3.2C2HF3O2/c23-19(21-8-16-2-1-7-25-16)18-13-24-12-15-10-22(11-17(15)18)9-14-3-5-20-6-4-14;2*3-2(4,5)1(6)7/h1-7,15,17-18H,8-13H2,(H,21,23);2*(H,6,7)/t15-,17-,18+;;/m1../s1. The third-order valence-corrected chi connectivity index (χ3v) is 5.71. The number of amides is 1. The van der Waals surface area contributed by atoms with Crippen molar-refractivity contribution in [3.05, 3.63) is 54.2 Å². The van der Waals surface area contributed by atoms with Crippen LogP contribution in [0.3, 0.4) is 0 Å². The molecule has 3 N–H and O–H groups in total. The van der Waals surface area contributed by atoms with Crippen LogP contribution in [0.4, 0.5) is 26.3 Å². The van der Waals surface area contributed by atoms with Gasteiger partial charge in [-0.05, 0) is 41.7 Å². The predicted octanol–water partition coefficient (Wildman–Crippen LogP) is 2.95. The lowest BCUT2D eigenvalue weighted by Gasteiger charge is -2.31. The number of hydrogen-bond donors (Lipinski definition) is 3. The molecule has 10 nitrogen and oxygen atoms in total. The van der Waals surface area contributed by atoms with E-state index in [1.165, 1.54) is 5.56 Å². The van der Waals surface area contributed by atoms with Crippen molar-refractivity contribution in [2.75, 3.05) is 26.3 Å². The van der Waals surface area contributed by atoms with Crippen LogP contribution in [0, 0.1) is 17.8 Å². The average Bonchev–Trinajstić information content (AvgIpc) is 3.52. The number of carboxylic acid groups (broad SMARTS) is 2. The molecule has 2 aliphatic rings. The van der Waals surface area contributed by atoms with Gasteiger partial charge in [0.2, 0.25) is 5.91 Å². The molecule has 3 atom stereocenters. The number of alkyl halides is 6. The second kappa shape index (κ2) is 13.9. The lowest BCUT2D eigenvalue weighted by atomic mass is 9.82. The number of aliphatic carboxylic acids is 2. The van der Waals surface area contributed by atoms with E-state index in [2.05, 4.69) is 15.2 Å². The fourth-order valence-corrected chi connectivity index (χ4v) is 3.95. The van der Waals surface area contributed by atoms with Crippen LogP contribution < -0.4 is 5.32 Å². The second-order valence-corrected chi connectivity index (χ2v) is 8.52. The lowest BCUT2D eigenvalue weighted by molar-refractivity contribution is -0.193. The molecule has 2 fully saturated rings. The molecule has 0 spiro atoms. The Bertz CT molecular complexity index is 1040. The van der Waals surface area contributed by atoms with Gasteiger partial charge >= 0.3 is 24.3 Å². The summed E-state index contributed by atoms with van der Waals surface area (Å²) in [5.41, 5.74) is 1.26. The minimum Gasteiger partial charge on any atom is -0.475 e. The Labute approximate surface area is 217 Å². The average molecular weight is 569 g/mol. The SMILES string of the molecule is O=C(NCc1ccco1)[C@H]1COC[C@H]2CN(Cc3ccncc3)C[C@H]21.O=C(O)C(F)(F)F.O=C(O)C(F)(F)F. The van der Waals surface area contributed by atoms with E-state index in [1.807, 2.05) is 36.7 Å². The summed E-state index contributed by atoms with van der Waals surface area (Å²) in [4.78, 5) is 36.9. The molecule has 0 aliphatic carbocycles. The maximum atomic E-state index is 12.6. The summed E-state index contributed by atoms with van der Waals surface area (Å²) in [6, 6.07) is 7.79. The van der Waals surface area contributed by atoms with Gasteiger partial charge in [-0.2, -0.15) is 26.3 Å². The van der Waals surface area contributed by atoms with E-state index in [4.69, 9.17) is 29.0 Å². The van der Waals surface area contributed by atoms with Crippen LogP contribution in [0.15, 0.2) is 47.3 Å². The number of hydrogen-bond acceptors (Lipinski definition) is 7. The summed E-state index contributed by atoms with van der Waals surface area (Å²) in [5.74, 6) is -3.98. The van der Waals surface area contributed by atoms with Gasteiger partial charge in [-0.25, -0.2) is 9.59 Å². The molecule has 0 unspecified atom stereocenters. The second-order valence-electron chi connectivity index (χ2n) is 8.52. The Morgan fingerprint density at radius 3 is 2.08 bits per heavy atom. The molecule has 1 amide bonds. The maximum absolute atomic E-state index is 12.6. The number of carbonyl (C=O) groups is 3. The molecule has 4 heterocycles. The largest absolute Gasteiger partial charge is 0.490 e. The number of carboxylic acids is 2. The molecule has 16 heteroatoms. The van der Waals surface area contributed by atoms with Crippen LogP contribution in [0.1, 0.15) is 11.3 Å². The summed E-state index contributed by atoms with van der Waals surface area (Å²) in [6.45, 7) is 4.51. The van der Waals surface area contributed by atoms with Gasteiger partial charge < -0.3 is 24.7 Å². The van der Waals surface area contributed by atoms with E-state index in [-0.39, 0.29) is 11.8 Å². The molecule has 2 aliphatic heterocycles. The molecule has 39 heavy (non-hydrogen) atoms. The number of nitrogens with zero attached hydrogens (tertiary/aromatic N) is 2. The van der Waals surface area contributed by atoms with Gasteiger partial charge in [-0.3, -0.25) is 14.7 Å². The van der Waals surface area contributed by atoms with Crippen molar-refractivity contribution in [3.8, 4) is 0 Å². The Kier molecular flexibility index (Phi) is 11.3. The quantitative estimate of drug-likeness (QED) is 0.464. The van der Waals surface area contributed by atoms with E-state index < -0.39 is 24.3 Å². The normalized spacial score (nSPS) is 20.9. The molecule has 0 radical (unpaired) electrons. The minimum absolute atomic E-state index is 0.0665. The highest BCUT2D eigenvalue weighted by Gasteiger charge is 2.44. The van der Waals surface area contributed by atoms with Crippen molar-refractivity contribution in [2.45, 2.75) is 25.4 Å². The molecule has 2 aromatic heterocycles. The molecule has 4 rings (SSSR count). The van der Waals surface area contributed by atoms with Crippen LogP contribution in [0.5, 0.6) is 0 Å². The van der Waals surface area contributed by atoms with E-state index in [1.54, 1.807) is 6.26 Å². The van der Waals surface area contributed by atoms with Gasteiger partial charge in [0.05, 0.1) is 31.9 Å². The molecule has 2 aromatic rings. The molecule has 2 saturated heterocycles. The molecule has 0 aromatic carbocycles. The van der Waals surface area contributed by atoms with Crippen molar-refractivity contribution in [2.24, 2.45) is 17.8 Å². The van der Waals surface area contributed by atoms with Crippen LogP contribution in [-0.2, 0) is 32.2 Å². The summed E-state index contributed by atoms with van der Waals surface area (Å²) >= 11 is 0. The van der Waals surface area contributed by atoms with Crippen molar-refractivity contribution in [3.63, 3.8) is 0 Å². The number of furan rings is 1. The van der Waals surface area contributed by atoms with Gasteiger partial charge in [0.15, 0.2) is 0 Å². The van der Waals surface area contributed by atoms with Crippen molar-refractivity contribution >= 4 is 17.8 Å². The van der Waals surface area contributed by atoms with E-state index in [0.29, 0.717) is 25.0 Å². The molecular weight excluding hydrogens is 544 g/mol. The number of rotatable bonds is 5. The predicted molar refractivity (Wildman–Crippen MR) is 119 cm³/mol. The zero-order valence-corrected chi connectivity index (χ0v) is 20.1. The van der Waals surface area contributed by atoms with Crippen LogP contribution in [-0.4, -0.2) is 76.6 Å². The summed E-state index contributed by atoms with van der Waals surface area (Å²) in [5, 5.41) is 17.2. The first kappa shape index (κ1) is 31.6. The lowest BCUT2D eigenvalue weighted by Crippen LogP contribution is -2.44. The number of carbonyl (C=O) groups excluding carboxylic acids is 1. The molecule has 216 valence electrons. The Morgan fingerprint density at radius 1 is 0.974 bits per heavy atom. The first-order valence-electron chi connectivity index (χ1n) is 11.3. The summed E-state index contributed by atoms with van der Waals surface area (Å²) < 4.78 is 74.5. The Balaban J connectivity index is 0.000000317. The van der Waals surface area contributed by atoms with Crippen molar-refractivity contribution in [1.29, 1.82) is 0 Å². The van der Waals surface area contributed by atoms with Crippen molar-refractivity contribution in [1.82, 2.24) is 15.2 Å². The van der Waals surface area contributed by atoms with Gasteiger partial charge in [-0.15, -0.1) is 0 Å². The monoisotopic (exact) mass is 569 g/mol. The number of fused-ring (bicyclic) bond motifs is 1. The number of likely N-dealkylation sites (tertiary alicyclic amines) is 1. The Morgan fingerprint density at radius 2 is 1.56 bits per heavy atom. The minimum atomic E-state index is -5.08.